The third-order valence-electron chi connectivity index (χ3n) is 5.39. The van der Waals surface area contributed by atoms with Crippen molar-refractivity contribution in [3.8, 4) is 0 Å². The predicted molar refractivity (Wildman–Crippen MR) is 63.9 cm³/mol. The molecule has 2 aliphatic carbocycles. The van der Waals surface area contributed by atoms with E-state index in [0.29, 0.717) is 0 Å². The van der Waals surface area contributed by atoms with Gasteiger partial charge in [-0.05, 0) is 51.0 Å². The van der Waals surface area contributed by atoms with Gasteiger partial charge in [0.05, 0.1) is 0 Å². The smallest absolute Gasteiger partial charge is 0.0124 e. The molecule has 86 valence electrons. The van der Waals surface area contributed by atoms with Gasteiger partial charge >= 0.3 is 0 Å². The Morgan fingerprint density at radius 3 is 1.73 bits per heavy atom. The molecule has 0 aromatic heterocycles. The Kier molecular flexibility index (Phi) is 2.76. The van der Waals surface area contributed by atoms with Crippen molar-refractivity contribution in [3.05, 3.63) is 0 Å². The Hall–Kier alpha value is -0.0400. The topological polar surface area (TPSA) is 3.24 Å². The summed E-state index contributed by atoms with van der Waals surface area (Å²) in [6.45, 7) is 0. The second-order valence-corrected chi connectivity index (χ2v) is 6.12. The highest BCUT2D eigenvalue weighted by atomic mass is 15.2. The molecule has 1 heterocycles. The van der Waals surface area contributed by atoms with E-state index in [1.165, 1.54) is 51.4 Å². The highest BCUT2D eigenvalue weighted by Gasteiger charge is 2.42. The Morgan fingerprint density at radius 2 is 1.20 bits per heavy atom. The van der Waals surface area contributed by atoms with E-state index in [0.717, 1.165) is 23.9 Å². The maximum absolute atomic E-state index is 2.79. The van der Waals surface area contributed by atoms with Crippen LogP contribution in [-0.4, -0.2) is 24.0 Å². The summed E-state index contributed by atoms with van der Waals surface area (Å²) in [6, 6.07) is 1.91. The molecule has 4 unspecified atom stereocenters. The number of nitrogens with zero attached hydrogens (tertiary/aromatic N) is 1. The minimum Gasteiger partial charge on any atom is -0.300 e. The second kappa shape index (κ2) is 4.08. The molecule has 0 aromatic carbocycles. The standard InChI is InChI=1S/C14H25N/c1-15-13-8-4-2-6-11(13)10-12-7-3-5-9-14(12)15/h11-14H,2-10H2,1H3. The number of rotatable bonds is 0. The number of piperidine rings is 1. The van der Waals surface area contributed by atoms with Crippen molar-refractivity contribution in [1.82, 2.24) is 4.90 Å². The maximum atomic E-state index is 2.79. The normalized spacial score (nSPS) is 47.0. The van der Waals surface area contributed by atoms with E-state index in [9.17, 15) is 0 Å². The molecule has 3 fully saturated rings. The van der Waals surface area contributed by atoms with Gasteiger partial charge in [0.15, 0.2) is 0 Å². The van der Waals surface area contributed by atoms with E-state index in [1.54, 1.807) is 6.42 Å². The van der Waals surface area contributed by atoms with Gasteiger partial charge in [0.25, 0.3) is 0 Å². The number of fused-ring (bicyclic) bond motifs is 2. The minimum absolute atomic E-state index is 0.957. The van der Waals surface area contributed by atoms with Gasteiger partial charge in [-0.25, -0.2) is 0 Å². The zero-order chi connectivity index (χ0) is 10.3. The molecule has 0 aromatic rings. The van der Waals surface area contributed by atoms with Crippen molar-refractivity contribution in [2.24, 2.45) is 11.8 Å². The molecule has 2 saturated carbocycles. The van der Waals surface area contributed by atoms with Crippen LogP contribution in [0.15, 0.2) is 0 Å². The fourth-order valence-corrected chi connectivity index (χ4v) is 4.63. The summed E-state index contributed by atoms with van der Waals surface area (Å²) >= 11 is 0. The first-order chi connectivity index (χ1) is 7.36. The van der Waals surface area contributed by atoms with Crippen LogP contribution in [0, 0.1) is 11.8 Å². The first kappa shape index (κ1) is 10.1. The van der Waals surface area contributed by atoms with Gasteiger partial charge in [-0.15, -0.1) is 0 Å². The summed E-state index contributed by atoms with van der Waals surface area (Å²) in [4.78, 5) is 2.79. The summed E-state index contributed by atoms with van der Waals surface area (Å²) in [5, 5.41) is 0. The van der Waals surface area contributed by atoms with Crippen LogP contribution in [-0.2, 0) is 0 Å². The van der Waals surface area contributed by atoms with Crippen molar-refractivity contribution in [1.29, 1.82) is 0 Å². The third kappa shape index (κ3) is 1.73. The van der Waals surface area contributed by atoms with E-state index in [4.69, 9.17) is 0 Å². The summed E-state index contributed by atoms with van der Waals surface area (Å²) in [5.74, 6) is 2.12. The van der Waals surface area contributed by atoms with Crippen molar-refractivity contribution < 1.29 is 0 Å². The molecule has 3 aliphatic rings. The van der Waals surface area contributed by atoms with Crippen LogP contribution in [0.4, 0.5) is 0 Å². The zero-order valence-corrected chi connectivity index (χ0v) is 10.1. The molecule has 0 radical (unpaired) electrons. The molecule has 1 heteroatoms. The van der Waals surface area contributed by atoms with Crippen LogP contribution >= 0.6 is 0 Å². The highest BCUT2D eigenvalue weighted by Crippen LogP contribution is 2.44. The van der Waals surface area contributed by atoms with E-state index in [2.05, 4.69) is 11.9 Å². The van der Waals surface area contributed by atoms with E-state index in [-0.39, 0.29) is 0 Å². The average molecular weight is 207 g/mol. The molecule has 0 amide bonds. The molecule has 1 nitrogen and oxygen atoms in total. The Balaban J connectivity index is 1.76. The third-order valence-corrected chi connectivity index (χ3v) is 5.39. The molecular weight excluding hydrogens is 182 g/mol. The van der Waals surface area contributed by atoms with Gasteiger partial charge in [-0.3, -0.25) is 4.90 Å². The lowest BCUT2D eigenvalue weighted by Gasteiger charge is -2.52. The zero-order valence-electron chi connectivity index (χ0n) is 10.1. The summed E-state index contributed by atoms with van der Waals surface area (Å²) in [5.41, 5.74) is 0. The van der Waals surface area contributed by atoms with Gasteiger partial charge in [0.1, 0.15) is 0 Å². The molecule has 15 heavy (non-hydrogen) atoms. The molecule has 0 spiro atoms. The lowest BCUT2D eigenvalue weighted by Crippen LogP contribution is -2.54. The fraction of sp³-hybridized carbons (Fsp3) is 1.00. The minimum atomic E-state index is 0.957. The molecular formula is C14H25N. The number of hydrogen-bond donors (Lipinski definition) is 0. The molecule has 0 bridgehead atoms. The van der Waals surface area contributed by atoms with Gasteiger partial charge in [-0.2, -0.15) is 0 Å². The van der Waals surface area contributed by atoms with Gasteiger partial charge in [-0.1, -0.05) is 25.7 Å². The van der Waals surface area contributed by atoms with Crippen molar-refractivity contribution >= 4 is 0 Å². The van der Waals surface area contributed by atoms with Gasteiger partial charge < -0.3 is 0 Å². The van der Waals surface area contributed by atoms with E-state index >= 15 is 0 Å². The maximum Gasteiger partial charge on any atom is 0.0124 e. The Morgan fingerprint density at radius 1 is 0.733 bits per heavy atom. The van der Waals surface area contributed by atoms with Crippen LogP contribution in [0.25, 0.3) is 0 Å². The number of likely N-dealkylation sites (tertiary alicyclic amines) is 1. The second-order valence-electron chi connectivity index (χ2n) is 6.12. The lowest BCUT2D eigenvalue weighted by molar-refractivity contribution is -0.0208. The largest absolute Gasteiger partial charge is 0.300 e. The Bertz CT molecular complexity index is 203. The molecule has 0 N–H and O–H groups in total. The fourth-order valence-electron chi connectivity index (χ4n) is 4.63. The van der Waals surface area contributed by atoms with E-state index < -0.39 is 0 Å². The quantitative estimate of drug-likeness (QED) is 0.588. The molecule has 1 aliphatic heterocycles. The van der Waals surface area contributed by atoms with Crippen LogP contribution in [0.3, 0.4) is 0 Å². The average Bonchev–Trinajstić information content (AvgIpc) is 2.30. The summed E-state index contributed by atoms with van der Waals surface area (Å²) in [6.07, 6.45) is 13.6. The van der Waals surface area contributed by atoms with Gasteiger partial charge in [0.2, 0.25) is 0 Å². The molecule has 1 saturated heterocycles. The van der Waals surface area contributed by atoms with Crippen molar-refractivity contribution in [3.63, 3.8) is 0 Å². The van der Waals surface area contributed by atoms with Crippen molar-refractivity contribution in [2.45, 2.75) is 69.9 Å². The SMILES string of the molecule is CN1C2CCCCC2CC2CCCCC21. The van der Waals surface area contributed by atoms with Crippen LogP contribution in [0.1, 0.15) is 57.8 Å². The molecule has 3 rings (SSSR count). The van der Waals surface area contributed by atoms with Crippen LogP contribution < -0.4 is 0 Å². The van der Waals surface area contributed by atoms with Crippen LogP contribution in [0.2, 0.25) is 0 Å². The van der Waals surface area contributed by atoms with E-state index in [1.807, 2.05) is 0 Å². The van der Waals surface area contributed by atoms with Crippen LogP contribution in [0.5, 0.6) is 0 Å². The predicted octanol–water partition coefficient (Wildman–Crippen LogP) is 3.44. The Labute approximate surface area is 94.2 Å². The summed E-state index contributed by atoms with van der Waals surface area (Å²) < 4.78 is 0. The monoisotopic (exact) mass is 207 g/mol. The van der Waals surface area contributed by atoms with Gasteiger partial charge in [0, 0.05) is 12.1 Å². The first-order valence-corrected chi connectivity index (χ1v) is 7.08. The number of hydrogen-bond acceptors (Lipinski definition) is 1. The highest BCUT2D eigenvalue weighted by molar-refractivity contribution is 4.96. The summed E-state index contributed by atoms with van der Waals surface area (Å²) in [7, 11) is 2.42. The lowest BCUT2D eigenvalue weighted by atomic mass is 9.68. The molecule has 4 atom stereocenters. The van der Waals surface area contributed by atoms with Crippen molar-refractivity contribution in [2.75, 3.05) is 7.05 Å². The first-order valence-electron chi connectivity index (χ1n) is 7.08.